The van der Waals surface area contributed by atoms with E-state index in [1.54, 1.807) is 11.3 Å². The van der Waals surface area contributed by atoms with Crippen LogP contribution >= 0.6 is 11.3 Å². The molecule has 0 amide bonds. The van der Waals surface area contributed by atoms with E-state index in [1.165, 1.54) is 43.1 Å². The molecule has 13 aromatic rings. The number of hydrogen-bond acceptors (Lipinski definition) is 5. The number of fused-ring (bicyclic) bond motifs is 9. The number of nitrogens with zero attached hydrogens (tertiary/aromatic N) is 4. The van der Waals surface area contributed by atoms with Crippen LogP contribution in [0.25, 0.3) is 126 Å². The van der Waals surface area contributed by atoms with Gasteiger partial charge in [-0.05, 0) is 70.8 Å². The van der Waals surface area contributed by atoms with Gasteiger partial charge in [-0.3, -0.25) is 0 Å². The van der Waals surface area contributed by atoms with Crippen LogP contribution in [0.2, 0.25) is 0 Å². The van der Waals surface area contributed by atoms with Gasteiger partial charge in [-0.15, -0.1) is 11.3 Å². The van der Waals surface area contributed by atoms with Gasteiger partial charge in [-0.1, -0.05) is 158 Å². The van der Waals surface area contributed by atoms with E-state index in [0.717, 1.165) is 65.4 Å². The van der Waals surface area contributed by atoms with Gasteiger partial charge in [0.1, 0.15) is 11.2 Å². The van der Waals surface area contributed by atoms with Crippen molar-refractivity contribution >= 4 is 75.3 Å². The summed E-state index contributed by atoms with van der Waals surface area (Å²) in [5.41, 5.74) is 12.5. The topological polar surface area (TPSA) is 56.7 Å². The van der Waals surface area contributed by atoms with Crippen LogP contribution in [-0.4, -0.2) is 19.5 Å². The van der Waals surface area contributed by atoms with Crippen LogP contribution in [0.3, 0.4) is 0 Å². The minimum absolute atomic E-state index is 0.591. The minimum atomic E-state index is 0.591. The highest BCUT2D eigenvalue weighted by Crippen LogP contribution is 2.45. The van der Waals surface area contributed by atoms with Crippen LogP contribution in [0.1, 0.15) is 0 Å². The Morgan fingerprint density at radius 2 is 0.937 bits per heavy atom. The lowest BCUT2D eigenvalue weighted by molar-refractivity contribution is 0.669. The molecule has 0 N–H and O–H groups in total. The molecule has 0 saturated carbocycles. The Balaban J connectivity index is 1.09. The number of para-hydroxylation sites is 3. The Morgan fingerprint density at radius 1 is 0.365 bits per heavy atom. The van der Waals surface area contributed by atoms with E-state index < -0.39 is 0 Å². The number of hydrogen-bond donors (Lipinski definition) is 0. The fourth-order valence-corrected chi connectivity index (χ4v) is 10.6. The zero-order valence-corrected chi connectivity index (χ0v) is 34.6. The maximum atomic E-state index is 6.36. The molecule has 9 aromatic carbocycles. The number of aromatic nitrogens is 4. The quantitative estimate of drug-likeness (QED) is 0.168. The smallest absolute Gasteiger partial charge is 0.165 e. The summed E-state index contributed by atoms with van der Waals surface area (Å²) < 4.78 is 11.1. The second-order valence-electron chi connectivity index (χ2n) is 15.9. The fraction of sp³-hybridized carbons (Fsp3) is 0. The van der Waals surface area contributed by atoms with Gasteiger partial charge in [0.25, 0.3) is 0 Å². The van der Waals surface area contributed by atoms with Gasteiger partial charge in [0.15, 0.2) is 17.5 Å². The van der Waals surface area contributed by atoms with Gasteiger partial charge in [-0.25, -0.2) is 15.0 Å². The summed E-state index contributed by atoms with van der Waals surface area (Å²) in [5, 5.41) is 6.77. The first kappa shape index (κ1) is 35.6. The van der Waals surface area contributed by atoms with Crippen molar-refractivity contribution in [1.82, 2.24) is 19.5 Å². The monoisotopic (exact) mass is 822 g/mol. The average molecular weight is 823 g/mol. The third kappa shape index (κ3) is 5.80. The number of benzene rings is 9. The molecule has 5 nitrogen and oxygen atoms in total. The molecule has 4 aromatic heterocycles. The third-order valence-corrected chi connectivity index (χ3v) is 13.5. The van der Waals surface area contributed by atoms with Gasteiger partial charge in [0, 0.05) is 64.1 Å². The molecule has 0 bridgehead atoms. The van der Waals surface area contributed by atoms with E-state index in [1.807, 2.05) is 48.5 Å². The first-order valence-electron chi connectivity index (χ1n) is 21.1. The summed E-state index contributed by atoms with van der Waals surface area (Å²) in [6.07, 6.45) is 0. The minimum Gasteiger partial charge on any atom is -0.456 e. The lowest BCUT2D eigenvalue weighted by Gasteiger charge is -2.13. The van der Waals surface area contributed by atoms with Crippen LogP contribution in [0.5, 0.6) is 0 Å². The summed E-state index contributed by atoms with van der Waals surface area (Å²) in [7, 11) is 0. The standard InChI is InChI=1S/C57H34N4OS/c1-3-15-35(16-4-1)37-19-13-20-38(31-37)39-29-30-43-46-33-40(61-48-25-10-7-21-41(48)42-22-8-11-26-49(42)61)34-47(54(46)63-52(43)32-39)57-59-55(36-17-5-2-6-18-36)58-56(60-57)45-24-14-28-51-53(45)44-23-9-12-27-50(44)62-51/h1-34H. The largest absolute Gasteiger partial charge is 0.456 e. The van der Waals surface area contributed by atoms with Crippen LogP contribution in [0.4, 0.5) is 0 Å². The summed E-state index contributed by atoms with van der Waals surface area (Å²) in [5.74, 6) is 1.81. The normalized spacial score (nSPS) is 11.8. The van der Waals surface area contributed by atoms with Crippen LogP contribution in [0, 0.1) is 0 Å². The summed E-state index contributed by atoms with van der Waals surface area (Å²) in [6.45, 7) is 0. The molecule has 0 radical (unpaired) electrons. The SMILES string of the molecule is c1ccc(-c2cccc(-c3ccc4c(c3)sc3c(-c5nc(-c6ccccc6)nc(-c6cccc7oc8ccccc8c67)n5)cc(-n5c6ccccc6c6ccccc65)cc34)c2)cc1. The lowest BCUT2D eigenvalue weighted by Crippen LogP contribution is -2.01. The summed E-state index contributed by atoms with van der Waals surface area (Å²) in [6, 6.07) is 72.8. The van der Waals surface area contributed by atoms with Gasteiger partial charge < -0.3 is 8.98 Å². The second kappa shape index (κ2) is 14.2. The van der Waals surface area contributed by atoms with Crippen LogP contribution in [-0.2, 0) is 0 Å². The van der Waals surface area contributed by atoms with E-state index in [2.05, 4.69) is 162 Å². The Bertz CT molecular complexity index is 3870. The van der Waals surface area contributed by atoms with Crippen LogP contribution < -0.4 is 0 Å². The molecule has 0 saturated heterocycles. The Hall–Kier alpha value is -8.19. The van der Waals surface area contributed by atoms with E-state index in [0.29, 0.717) is 17.5 Å². The number of thiophene rings is 1. The first-order chi connectivity index (χ1) is 31.2. The number of rotatable bonds is 6. The molecule has 63 heavy (non-hydrogen) atoms. The average Bonchev–Trinajstić information content (AvgIpc) is 4.03. The lowest BCUT2D eigenvalue weighted by atomic mass is 9.98. The van der Waals surface area contributed by atoms with Gasteiger partial charge in [0.05, 0.1) is 11.0 Å². The van der Waals surface area contributed by atoms with Crippen molar-refractivity contribution in [3.05, 3.63) is 206 Å². The van der Waals surface area contributed by atoms with Crippen molar-refractivity contribution in [1.29, 1.82) is 0 Å². The molecular weight excluding hydrogens is 789 g/mol. The molecule has 0 atom stereocenters. The Morgan fingerprint density at radius 3 is 1.70 bits per heavy atom. The summed E-state index contributed by atoms with van der Waals surface area (Å²) in [4.78, 5) is 16.0. The molecule has 13 rings (SSSR count). The van der Waals surface area contributed by atoms with Crippen molar-refractivity contribution < 1.29 is 4.42 Å². The van der Waals surface area contributed by atoms with Gasteiger partial charge in [-0.2, -0.15) is 0 Å². The van der Waals surface area contributed by atoms with Crippen molar-refractivity contribution in [2.45, 2.75) is 0 Å². The maximum Gasteiger partial charge on any atom is 0.165 e. The van der Waals surface area contributed by atoms with Crippen molar-refractivity contribution in [2.24, 2.45) is 0 Å². The Kier molecular flexibility index (Phi) is 8.01. The Labute approximate surface area is 365 Å². The first-order valence-corrected chi connectivity index (χ1v) is 21.9. The molecule has 0 aliphatic rings. The molecule has 6 heteroatoms. The molecule has 0 aliphatic carbocycles. The highest BCUT2D eigenvalue weighted by molar-refractivity contribution is 7.26. The highest BCUT2D eigenvalue weighted by atomic mass is 32.1. The zero-order valence-electron chi connectivity index (χ0n) is 33.7. The molecule has 4 heterocycles. The zero-order chi connectivity index (χ0) is 41.4. The van der Waals surface area contributed by atoms with E-state index in [-0.39, 0.29) is 0 Å². The maximum absolute atomic E-state index is 6.36. The van der Waals surface area contributed by atoms with E-state index in [4.69, 9.17) is 19.4 Å². The molecular formula is C57H34N4OS. The third-order valence-electron chi connectivity index (χ3n) is 12.3. The molecule has 0 fully saturated rings. The van der Waals surface area contributed by atoms with Crippen molar-refractivity contribution in [3.8, 4) is 62.1 Å². The predicted octanol–water partition coefficient (Wildman–Crippen LogP) is 15.6. The molecule has 0 aliphatic heterocycles. The van der Waals surface area contributed by atoms with Gasteiger partial charge in [0.2, 0.25) is 0 Å². The van der Waals surface area contributed by atoms with Crippen molar-refractivity contribution in [3.63, 3.8) is 0 Å². The molecule has 294 valence electrons. The molecule has 0 unspecified atom stereocenters. The van der Waals surface area contributed by atoms with Gasteiger partial charge >= 0.3 is 0 Å². The highest BCUT2D eigenvalue weighted by Gasteiger charge is 2.22. The number of furan rings is 1. The molecule has 0 spiro atoms. The van der Waals surface area contributed by atoms with E-state index >= 15 is 0 Å². The van der Waals surface area contributed by atoms with Crippen LogP contribution in [0.15, 0.2) is 211 Å². The predicted molar refractivity (Wildman–Crippen MR) is 262 cm³/mol. The van der Waals surface area contributed by atoms with Crippen molar-refractivity contribution in [2.75, 3.05) is 0 Å². The fourth-order valence-electron chi connectivity index (χ4n) is 9.34. The summed E-state index contributed by atoms with van der Waals surface area (Å²) >= 11 is 1.79. The van der Waals surface area contributed by atoms with E-state index in [9.17, 15) is 0 Å². The second-order valence-corrected chi connectivity index (χ2v) is 17.0.